The number of hydrogen-bond donors (Lipinski definition) is 1. The van der Waals surface area contributed by atoms with E-state index in [-0.39, 0.29) is 24.3 Å². The maximum atomic E-state index is 12.8. The highest BCUT2D eigenvalue weighted by atomic mass is 16.5. The van der Waals surface area contributed by atoms with Gasteiger partial charge in [0.15, 0.2) is 0 Å². The van der Waals surface area contributed by atoms with E-state index in [1.54, 1.807) is 4.90 Å². The van der Waals surface area contributed by atoms with Gasteiger partial charge in [-0.3, -0.25) is 19.5 Å². The first kappa shape index (κ1) is 20.3. The van der Waals surface area contributed by atoms with E-state index in [9.17, 15) is 9.59 Å². The summed E-state index contributed by atoms with van der Waals surface area (Å²) in [7, 11) is 0. The van der Waals surface area contributed by atoms with Crippen molar-refractivity contribution in [3.8, 4) is 0 Å². The lowest BCUT2D eigenvalue weighted by atomic mass is 10.2. The molecule has 2 heterocycles. The van der Waals surface area contributed by atoms with Gasteiger partial charge in [0.05, 0.1) is 19.4 Å². The van der Waals surface area contributed by atoms with Crippen LogP contribution in [-0.4, -0.2) is 83.6 Å². The lowest BCUT2D eigenvalue weighted by molar-refractivity contribution is -0.121. The molecule has 0 aliphatic carbocycles. The van der Waals surface area contributed by atoms with Crippen LogP contribution in [0.4, 0.5) is 0 Å². The van der Waals surface area contributed by atoms with Crippen LogP contribution in [0.15, 0.2) is 18.6 Å². The molecule has 0 aromatic carbocycles. The highest BCUT2D eigenvalue weighted by molar-refractivity contribution is 5.92. The molecule has 1 aromatic rings. The van der Waals surface area contributed by atoms with E-state index in [1.165, 1.54) is 18.6 Å². The van der Waals surface area contributed by atoms with Gasteiger partial charge in [0.2, 0.25) is 5.91 Å². The van der Waals surface area contributed by atoms with E-state index in [4.69, 9.17) is 4.74 Å². The van der Waals surface area contributed by atoms with Crippen LogP contribution in [0, 0.1) is 0 Å². The molecule has 1 aliphatic rings. The zero-order valence-electron chi connectivity index (χ0n) is 15.7. The summed E-state index contributed by atoms with van der Waals surface area (Å²) in [6.07, 6.45) is 5.66. The number of carbonyl (C=O) groups excluding carboxylic acids is 2. The average Bonchev–Trinajstić information content (AvgIpc) is 2.69. The molecule has 26 heavy (non-hydrogen) atoms. The van der Waals surface area contributed by atoms with E-state index >= 15 is 0 Å². The van der Waals surface area contributed by atoms with Gasteiger partial charge in [-0.15, -0.1) is 0 Å². The zero-order chi connectivity index (χ0) is 18.8. The Bertz CT molecular complexity index is 563. The van der Waals surface area contributed by atoms with Crippen LogP contribution in [0.1, 0.15) is 37.2 Å². The fourth-order valence-corrected chi connectivity index (χ4v) is 2.66. The Morgan fingerprint density at radius 3 is 2.73 bits per heavy atom. The first-order valence-electron chi connectivity index (χ1n) is 9.25. The molecule has 1 fully saturated rings. The molecule has 8 nitrogen and oxygen atoms in total. The first-order valence-corrected chi connectivity index (χ1v) is 9.25. The van der Waals surface area contributed by atoms with Crippen LogP contribution < -0.4 is 5.32 Å². The number of carbonyl (C=O) groups is 2. The Balaban J connectivity index is 1.93. The van der Waals surface area contributed by atoms with Crippen LogP contribution in [0.3, 0.4) is 0 Å². The molecule has 0 bridgehead atoms. The Kier molecular flexibility index (Phi) is 8.43. The molecule has 1 aliphatic heterocycles. The smallest absolute Gasteiger partial charge is 0.274 e. The minimum Gasteiger partial charge on any atom is -0.379 e. The van der Waals surface area contributed by atoms with Gasteiger partial charge in [0, 0.05) is 57.6 Å². The Labute approximate surface area is 154 Å². The molecule has 0 saturated carbocycles. The Morgan fingerprint density at radius 2 is 2.08 bits per heavy atom. The molecule has 1 unspecified atom stereocenters. The van der Waals surface area contributed by atoms with Gasteiger partial charge < -0.3 is 15.0 Å². The van der Waals surface area contributed by atoms with Gasteiger partial charge >= 0.3 is 0 Å². The van der Waals surface area contributed by atoms with Gasteiger partial charge in [0.25, 0.3) is 5.91 Å². The molecule has 0 spiro atoms. The number of aromatic nitrogens is 2. The maximum absolute atomic E-state index is 12.8. The Morgan fingerprint density at radius 1 is 1.31 bits per heavy atom. The number of nitrogens with zero attached hydrogens (tertiary/aromatic N) is 4. The molecule has 2 amide bonds. The van der Waals surface area contributed by atoms with Crippen LogP contribution in [0.2, 0.25) is 0 Å². The van der Waals surface area contributed by atoms with E-state index in [1.807, 2.05) is 13.8 Å². The normalized spacial score (nSPS) is 16.1. The van der Waals surface area contributed by atoms with Gasteiger partial charge in [0.1, 0.15) is 5.69 Å². The predicted molar refractivity (Wildman–Crippen MR) is 97.7 cm³/mol. The van der Waals surface area contributed by atoms with Crippen molar-refractivity contribution in [1.29, 1.82) is 0 Å². The van der Waals surface area contributed by atoms with Crippen molar-refractivity contribution >= 4 is 11.8 Å². The Hall–Kier alpha value is -2.06. The van der Waals surface area contributed by atoms with Crippen molar-refractivity contribution in [2.24, 2.45) is 0 Å². The molecular weight excluding hydrogens is 334 g/mol. The van der Waals surface area contributed by atoms with Gasteiger partial charge in [-0.1, -0.05) is 6.92 Å². The number of hydrogen-bond acceptors (Lipinski definition) is 6. The van der Waals surface area contributed by atoms with Crippen LogP contribution in [0.5, 0.6) is 0 Å². The van der Waals surface area contributed by atoms with Crippen molar-refractivity contribution in [3.05, 3.63) is 24.3 Å². The third-order valence-electron chi connectivity index (χ3n) is 4.49. The van der Waals surface area contributed by atoms with Crippen molar-refractivity contribution in [2.75, 3.05) is 45.9 Å². The minimum atomic E-state index is -0.192. The number of amides is 2. The van der Waals surface area contributed by atoms with Crippen molar-refractivity contribution in [1.82, 2.24) is 25.1 Å². The molecule has 1 N–H and O–H groups in total. The standard InChI is InChI=1S/C18H29N5O3/c1-3-15(2)21-17(24)4-7-23(9-8-22-10-12-26-13-11-22)18(25)16-14-19-5-6-20-16/h5-6,14-15H,3-4,7-13H2,1-2H3,(H,21,24). The van der Waals surface area contributed by atoms with Gasteiger partial charge in [-0.25, -0.2) is 4.98 Å². The van der Waals surface area contributed by atoms with E-state index in [0.717, 1.165) is 39.3 Å². The number of rotatable bonds is 9. The largest absolute Gasteiger partial charge is 0.379 e. The molecule has 144 valence electrons. The second kappa shape index (κ2) is 10.8. The maximum Gasteiger partial charge on any atom is 0.274 e. The number of ether oxygens (including phenoxy) is 1. The lowest BCUT2D eigenvalue weighted by Gasteiger charge is -2.30. The fraction of sp³-hybridized carbons (Fsp3) is 0.667. The third kappa shape index (κ3) is 6.68. The highest BCUT2D eigenvalue weighted by Crippen LogP contribution is 2.04. The molecular formula is C18H29N5O3. The third-order valence-corrected chi connectivity index (χ3v) is 4.49. The molecule has 1 atom stereocenters. The van der Waals surface area contributed by atoms with Crippen molar-refractivity contribution in [2.45, 2.75) is 32.7 Å². The molecule has 1 saturated heterocycles. The topological polar surface area (TPSA) is 87.7 Å². The molecule has 0 radical (unpaired) electrons. The second-order valence-electron chi connectivity index (χ2n) is 6.46. The van der Waals surface area contributed by atoms with Crippen molar-refractivity contribution < 1.29 is 14.3 Å². The minimum absolute atomic E-state index is 0.0392. The van der Waals surface area contributed by atoms with Crippen LogP contribution >= 0.6 is 0 Å². The summed E-state index contributed by atoms with van der Waals surface area (Å²) >= 11 is 0. The summed E-state index contributed by atoms with van der Waals surface area (Å²) in [5, 5.41) is 2.94. The predicted octanol–water partition coefficient (Wildman–Crippen LogP) is 0.556. The first-order chi connectivity index (χ1) is 12.6. The summed E-state index contributed by atoms with van der Waals surface area (Å²) in [6.45, 7) is 8.82. The van der Waals surface area contributed by atoms with Gasteiger partial charge in [-0.05, 0) is 13.3 Å². The van der Waals surface area contributed by atoms with E-state index < -0.39 is 0 Å². The monoisotopic (exact) mass is 363 g/mol. The van der Waals surface area contributed by atoms with E-state index in [2.05, 4.69) is 20.2 Å². The van der Waals surface area contributed by atoms with Crippen molar-refractivity contribution in [3.63, 3.8) is 0 Å². The van der Waals surface area contributed by atoms with Crippen LogP contribution in [-0.2, 0) is 9.53 Å². The SMILES string of the molecule is CCC(C)NC(=O)CCN(CCN1CCOCC1)C(=O)c1cnccn1. The summed E-state index contributed by atoms with van der Waals surface area (Å²) in [5.74, 6) is -0.231. The summed E-state index contributed by atoms with van der Waals surface area (Å²) in [6, 6.07) is 0.139. The average molecular weight is 363 g/mol. The lowest BCUT2D eigenvalue weighted by Crippen LogP contribution is -2.44. The molecule has 1 aromatic heterocycles. The fourth-order valence-electron chi connectivity index (χ4n) is 2.66. The summed E-state index contributed by atoms with van der Waals surface area (Å²) in [5.41, 5.74) is 0.303. The van der Waals surface area contributed by atoms with E-state index in [0.29, 0.717) is 18.8 Å². The quantitative estimate of drug-likeness (QED) is 0.690. The summed E-state index contributed by atoms with van der Waals surface area (Å²) < 4.78 is 5.36. The zero-order valence-corrected chi connectivity index (χ0v) is 15.7. The second-order valence-corrected chi connectivity index (χ2v) is 6.46. The van der Waals surface area contributed by atoms with Gasteiger partial charge in [-0.2, -0.15) is 0 Å². The number of nitrogens with one attached hydrogen (secondary N) is 1. The molecule has 2 rings (SSSR count). The summed E-state index contributed by atoms with van der Waals surface area (Å²) in [4.78, 5) is 36.9. The molecule has 8 heteroatoms. The highest BCUT2D eigenvalue weighted by Gasteiger charge is 2.20. The van der Waals surface area contributed by atoms with Crippen LogP contribution in [0.25, 0.3) is 0 Å². The number of morpholine rings is 1.